The third kappa shape index (κ3) is 2.95. The largest absolute Gasteiger partial charge is 0.421 e. The number of nitrogens with zero attached hydrogens (tertiary/aromatic N) is 6. The number of likely N-dealkylation sites (N-methyl/N-ethyl adjacent to an activating group) is 2. The number of amidine groups is 1. The van der Waals surface area contributed by atoms with Crippen LogP contribution in [0.3, 0.4) is 0 Å². The fraction of sp³-hybridized carbons (Fsp3) is 0.381. The zero-order valence-electron chi connectivity index (χ0n) is 17.6. The number of amides is 3. The van der Waals surface area contributed by atoms with Crippen LogP contribution in [0.15, 0.2) is 29.3 Å². The molecular weight excluding hydrogens is 368 g/mol. The van der Waals surface area contributed by atoms with Gasteiger partial charge in [-0.05, 0) is 44.9 Å². The van der Waals surface area contributed by atoms with Crippen LogP contribution < -0.4 is 0 Å². The smallest absolute Gasteiger partial charge is 0.270 e. The first kappa shape index (κ1) is 19.0. The first-order chi connectivity index (χ1) is 13.7. The highest BCUT2D eigenvalue weighted by Crippen LogP contribution is 2.23. The predicted octanol–water partition coefficient (Wildman–Crippen LogP) is 1.84. The van der Waals surface area contributed by atoms with E-state index >= 15 is 0 Å². The van der Waals surface area contributed by atoms with Gasteiger partial charge in [-0.3, -0.25) is 14.6 Å². The zero-order chi connectivity index (χ0) is 21.0. The van der Waals surface area contributed by atoms with Gasteiger partial charge in [-0.1, -0.05) is 28.8 Å². The van der Waals surface area contributed by atoms with E-state index in [9.17, 15) is 9.59 Å². The fourth-order valence-corrected chi connectivity index (χ4v) is 3.90. The molecule has 3 amide bonds. The van der Waals surface area contributed by atoms with E-state index in [1.807, 2.05) is 31.4 Å². The summed E-state index contributed by atoms with van der Waals surface area (Å²) in [7, 11) is 3.16. The summed E-state index contributed by atoms with van der Waals surface area (Å²) in [6.45, 7) is 8.46. The minimum atomic E-state index is -0.665. The lowest BCUT2D eigenvalue weighted by molar-refractivity contribution is -0.553. The van der Waals surface area contributed by atoms with E-state index < -0.39 is 6.04 Å². The third-order valence-corrected chi connectivity index (χ3v) is 5.55. The van der Waals surface area contributed by atoms with E-state index in [-0.39, 0.29) is 11.9 Å². The average molecular weight is 393 g/mol. The van der Waals surface area contributed by atoms with Gasteiger partial charge in [0, 0.05) is 14.1 Å². The number of aromatic nitrogens is 2. The van der Waals surface area contributed by atoms with Crippen LogP contribution in [0.5, 0.6) is 0 Å². The van der Waals surface area contributed by atoms with Gasteiger partial charge in [-0.2, -0.15) is 0 Å². The van der Waals surface area contributed by atoms with Gasteiger partial charge >= 0.3 is 12.0 Å². The standard InChI is InChI=1S/C21H25N6O2/c1-12-7-8-13(2)16(9-12)11-26-17-18(24(5)21(29)25(6)19(17)28)22-20(26)27-15(4)10-14(3)23-27/h7-10,17H,11H2,1-6H3/q+1. The minimum Gasteiger partial charge on any atom is -0.270 e. The molecule has 1 unspecified atom stereocenters. The molecule has 2 aliphatic rings. The summed E-state index contributed by atoms with van der Waals surface area (Å²) in [5, 5.41) is 4.57. The van der Waals surface area contributed by atoms with E-state index in [1.54, 1.807) is 11.7 Å². The fourth-order valence-electron chi connectivity index (χ4n) is 3.90. The van der Waals surface area contributed by atoms with E-state index in [0.29, 0.717) is 18.3 Å². The Balaban J connectivity index is 1.90. The molecule has 0 bridgehead atoms. The van der Waals surface area contributed by atoms with Gasteiger partial charge < -0.3 is 0 Å². The number of urea groups is 1. The van der Waals surface area contributed by atoms with Crippen molar-refractivity contribution in [3.8, 4) is 0 Å². The van der Waals surface area contributed by atoms with Crippen LogP contribution in [0, 0.1) is 27.7 Å². The number of carbonyl (C=O) groups excluding carboxylic acids is 2. The lowest BCUT2D eigenvalue weighted by Gasteiger charge is -2.31. The monoisotopic (exact) mass is 393 g/mol. The van der Waals surface area contributed by atoms with Gasteiger partial charge in [-0.15, -0.1) is 9.78 Å². The molecule has 0 aliphatic carbocycles. The summed E-state index contributed by atoms with van der Waals surface area (Å²) in [5.74, 6) is 0.708. The van der Waals surface area contributed by atoms with Gasteiger partial charge in [0.05, 0.1) is 12.2 Å². The molecule has 1 fully saturated rings. The maximum absolute atomic E-state index is 13.1. The zero-order valence-corrected chi connectivity index (χ0v) is 17.6. The molecule has 2 aliphatic heterocycles. The van der Waals surface area contributed by atoms with Crippen molar-refractivity contribution in [3.63, 3.8) is 0 Å². The van der Waals surface area contributed by atoms with Crippen LogP contribution >= 0.6 is 0 Å². The van der Waals surface area contributed by atoms with Gasteiger partial charge in [0.1, 0.15) is 5.69 Å². The number of fused-ring (bicyclic) bond motifs is 1. The predicted molar refractivity (Wildman–Crippen MR) is 109 cm³/mol. The van der Waals surface area contributed by atoms with Crippen molar-refractivity contribution < 1.29 is 14.2 Å². The summed E-state index contributed by atoms with van der Waals surface area (Å²) in [6, 6.07) is 7.19. The maximum Gasteiger partial charge on any atom is 0.421 e. The molecule has 0 spiro atoms. The second-order valence-electron chi connectivity index (χ2n) is 7.81. The molecule has 3 heterocycles. The highest BCUT2D eigenvalue weighted by atomic mass is 16.2. The van der Waals surface area contributed by atoms with Gasteiger partial charge in [0.15, 0.2) is 0 Å². The molecular formula is C21H25N6O2+. The van der Waals surface area contributed by atoms with Gasteiger partial charge in [0.2, 0.25) is 11.9 Å². The molecule has 8 nitrogen and oxygen atoms in total. The Morgan fingerprint density at radius 2 is 1.76 bits per heavy atom. The summed E-state index contributed by atoms with van der Waals surface area (Å²) in [4.78, 5) is 32.9. The van der Waals surface area contributed by atoms with Crippen LogP contribution in [0.1, 0.15) is 28.1 Å². The summed E-state index contributed by atoms with van der Waals surface area (Å²) in [6.07, 6.45) is 0. The molecule has 0 N–H and O–H groups in total. The number of carbonyl (C=O) groups is 2. The van der Waals surface area contributed by atoms with Crippen LogP contribution in [-0.4, -0.2) is 68.0 Å². The van der Waals surface area contributed by atoms with Crippen LogP contribution in [0.2, 0.25) is 0 Å². The number of rotatable bonds is 2. The second kappa shape index (κ2) is 6.65. The molecule has 0 radical (unpaired) electrons. The molecule has 0 saturated carbocycles. The molecule has 1 aromatic heterocycles. The van der Waals surface area contributed by atoms with Crippen molar-refractivity contribution in [1.29, 1.82) is 0 Å². The molecule has 150 valence electrons. The number of hydrogen-bond donors (Lipinski definition) is 0. The van der Waals surface area contributed by atoms with Crippen molar-refractivity contribution in [2.75, 3.05) is 14.1 Å². The van der Waals surface area contributed by atoms with Crippen LogP contribution in [-0.2, 0) is 11.3 Å². The maximum atomic E-state index is 13.1. The highest BCUT2D eigenvalue weighted by molar-refractivity contribution is 6.22. The Morgan fingerprint density at radius 1 is 1.03 bits per heavy atom. The molecule has 1 aromatic carbocycles. The topological polar surface area (TPSA) is 73.8 Å². The Hall–Kier alpha value is -3.29. The number of benzene rings is 1. The van der Waals surface area contributed by atoms with Crippen molar-refractivity contribution in [1.82, 2.24) is 19.6 Å². The third-order valence-electron chi connectivity index (χ3n) is 5.55. The van der Waals surface area contributed by atoms with Crippen molar-refractivity contribution in [2.24, 2.45) is 4.99 Å². The number of imide groups is 1. The molecule has 29 heavy (non-hydrogen) atoms. The summed E-state index contributed by atoms with van der Waals surface area (Å²) in [5.41, 5.74) is 5.18. The normalized spacial score (nSPS) is 19.2. The van der Waals surface area contributed by atoms with E-state index in [2.05, 4.69) is 30.2 Å². The lowest BCUT2D eigenvalue weighted by Crippen LogP contribution is -2.61. The van der Waals surface area contributed by atoms with Crippen molar-refractivity contribution in [3.05, 3.63) is 52.3 Å². The van der Waals surface area contributed by atoms with Crippen LogP contribution in [0.4, 0.5) is 4.79 Å². The van der Waals surface area contributed by atoms with Gasteiger partial charge in [0.25, 0.3) is 5.91 Å². The first-order valence-electron chi connectivity index (χ1n) is 9.56. The SMILES string of the molecule is Cc1ccc(C)c(C[N+]2=C(n3nc(C)cc3C)N=C3C2C(=O)N(C)C(=O)N3C)c1. The van der Waals surface area contributed by atoms with Gasteiger partial charge in [-0.25, -0.2) is 9.37 Å². The molecule has 4 rings (SSSR count). The van der Waals surface area contributed by atoms with E-state index in [4.69, 9.17) is 4.99 Å². The Morgan fingerprint density at radius 3 is 2.41 bits per heavy atom. The number of aliphatic imine (C=N–C) groups is 1. The second-order valence-corrected chi connectivity index (χ2v) is 7.81. The molecule has 1 saturated heterocycles. The first-order valence-corrected chi connectivity index (χ1v) is 9.56. The lowest BCUT2D eigenvalue weighted by atomic mass is 10.0. The summed E-state index contributed by atoms with van der Waals surface area (Å²) < 4.78 is 3.69. The number of aryl methyl sites for hydroxylation is 4. The van der Waals surface area contributed by atoms with E-state index in [1.165, 1.54) is 11.9 Å². The Kier molecular flexibility index (Phi) is 4.37. The highest BCUT2D eigenvalue weighted by Gasteiger charge is 2.52. The average Bonchev–Trinajstić information content (AvgIpc) is 3.20. The minimum absolute atomic E-state index is 0.284. The molecule has 8 heteroatoms. The van der Waals surface area contributed by atoms with Crippen molar-refractivity contribution in [2.45, 2.75) is 40.3 Å². The summed E-state index contributed by atoms with van der Waals surface area (Å²) >= 11 is 0. The van der Waals surface area contributed by atoms with Crippen LogP contribution in [0.25, 0.3) is 0 Å². The molecule has 2 aromatic rings. The quantitative estimate of drug-likeness (QED) is 0.731. The Bertz CT molecular complexity index is 1110. The molecule has 1 atom stereocenters. The number of hydrogen-bond acceptors (Lipinski definition) is 4. The Labute approximate surface area is 169 Å². The van der Waals surface area contributed by atoms with Crippen molar-refractivity contribution >= 4 is 23.7 Å². The van der Waals surface area contributed by atoms with E-state index in [0.717, 1.165) is 33.0 Å².